The number of carbonyl (C=O) groups excluding carboxylic acids is 2. The summed E-state index contributed by atoms with van der Waals surface area (Å²) in [4.78, 5) is 22.2. The highest BCUT2D eigenvalue weighted by molar-refractivity contribution is 5.69. The second-order valence-corrected chi connectivity index (χ2v) is 7.04. The zero-order valence-electron chi connectivity index (χ0n) is 16.8. The van der Waals surface area contributed by atoms with Crippen LogP contribution in [0.25, 0.3) is 0 Å². The van der Waals surface area contributed by atoms with Gasteiger partial charge in [0, 0.05) is 12.8 Å². The van der Waals surface area contributed by atoms with Gasteiger partial charge >= 0.3 is 11.9 Å². The molecule has 0 aromatic heterocycles. The number of hydrogen-bond acceptors (Lipinski definition) is 4. The van der Waals surface area contributed by atoms with Crippen LogP contribution in [0.5, 0.6) is 0 Å². The van der Waals surface area contributed by atoms with Crippen LogP contribution in [0.3, 0.4) is 0 Å². The van der Waals surface area contributed by atoms with Crippen molar-refractivity contribution in [2.75, 3.05) is 14.2 Å². The van der Waals surface area contributed by atoms with E-state index in [1.807, 2.05) is 0 Å². The van der Waals surface area contributed by atoms with Gasteiger partial charge in [-0.3, -0.25) is 9.59 Å². The van der Waals surface area contributed by atoms with Gasteiger partial charge in [-0.25, -0.2) is 0 Å². The second-order valence-electron chi connectivity index (χ2n) is 7.04. The highest BCUT2D eigenvalue weighted by Gasteiger charge is 2.09. The van der Waals surface area contributed by atoms with Crippen LogP contribution in [0, 0.1) is 5.92 Å². The molecular weight excluding hydrogens is 316 g/mol. The van der Waals surface area contributed by atoms with E-state index in [9.17, 15) is 9.59 Å². The molecule has 0 radical (unpaired) electrons. The molecule has 0 saturated carbocycles. The number of rotatable bonds is 17. The molecule has 4 nitrogen and oxygen atoms in total. The normalized spacial score (nSPS) is 12.0. The van der Waals surface area contributed by atoms with Crippen molar-refractivity contribution in [2.45, 2.75) is 103 Å². The van der Waals surface area contributed by atoms with Crippen molar-refractivity contribution < 1.29 is 19.1 Å². The highest BCUT2D eigenvalue weighted by Crippen LogP contribution is 2.20. The fraction of sp³-hybridized carbons (Fsp3) is 0.905. The van der Waals surface area contributed by atoms with Crippen molar-refractivity contribution in [1.82, 2.24) is 0 Å². The Labute approximate surface area is 155 Å². The molecule has 0 aliphatic carbocycles. The van der Waals surface area contributed by atoms with Crippen molar-refractivity contribution in [2.24, 2.45) is 5.92 Å². The van der Waals surface area contributed by atoms with Gasteiger partial charge in [-0.05, 0) is 18.8 Å². The minimum Gasteiger partial charge on any atom is -0.469 e. The minimum atomic E-state index is -0.0874. The molecule has 0 amide bonds. The first-order valence-corrected chi connectivity index (χ1v) is 10.3. The molecular formula is C21H40O4. The predicted molar refractivity (Wildman–Crippen MR) is 102 cm³/mol. The molecule has 0 fully saturated rings. The summed E-state index contributed by atoms with van der Waals surface area (Å²) in [6.07, 6.45) is 17.0. The lowest BCUT2D eigenvalue weighted by Crippen LogP contribution is -2.06. The Balaban J connectivity index is 3.32. The smallest absolute Gasteiger partial charge is 0.305 e. The zero-order valence-corrected chi connectivity index (χ0v) is 16.8. The number of ether oxygens (including phenoxy) is 2. The lowest BCUT2D eigenvalue weighted by molar-refractivity contribution is -0.141. The third-order valence-corrected chi connectivity index (χ3v) is 5.03. The Morgan fingerprint density at radius 1 is 0.640 bits per heavy atom. The molecule has 0 aromatic rings. The fourth-order valence-electron chi connectivity index (χ4n) is 3.20. The maximum atomic E-state index is 11.2. The molecule has 0 spiro atoms. The number of esters is 2. The number of hydrogen-bond donors (Lipinski definition) is 0. The summed E-state index contributed by atoms with van der Waals surface area (Å²) in [7, 11) is 2.92. The van der Waals surface area contributed by atoms with Gasteiger partial charge < -0.3 is 9.47 Å². The predicted octanol–water partition coefficient (Wildman–Crippen LogP) is 5.82. The van der Waals surface area contributed by atoms with Gasteiger partial charge in [0.15, 0.2) is 0 Å². The fourth-order valence-corrected chi connectivity index (χ4v) is 3.20. The van der Waals surface area contributed by atoms with Crippen molar-refractivity contribution >= 4 is 11.9 Å². The Kier molecular flexibility index (Phi) is 17.0. The van der Waals surface area contributed by atoms with Gasteiger partial charge in [0.1, 0.15) is 0 Å². The average Bonchev–Trinajstić information content (AvgIpc) is 2.64. The van der Waals surface area contributed by atoms with E-state index in [0.717, 1.165) is 25.7 Å². The van der Waals surface area contributed by atoms with Gasteiger partial charge in [0.2, 0.25) is 0 Å². The Morgan fingerprint density at radius 2 is 1.08 bits per heavy atom. The van der Waals surface area contributed by atoms with Crippen LogP contribution >= 0.6 is 0 Å². The Hall–Kier alpha value is -1.06. The van der Waals surface area contributed by atoms with Crippen molar-refractivity contribution in [3.8, 4) is 0 Å². The molecule has 0 rings (SSSR count). The van der Waals surface area contributed by atoms with Crippen LogP contribution in [0.2, 0.25) is 0 Å². The van der Waals surface area contributed by atoms with Crippen LogP contribution in [0.1, 0.15) is 103 Å². The standard InChI is InChI=1S/C21H40O4/c1-4-19(17-18-21(23)25-3)15-13-11-9-7-5-6-8-10-12-14-16-20(22)24-2/h19H,4-18H2,1-3H3. The van der Waals surface area contributed by atoms with E-state index in [-0.39, 0.29) is 11.9 Å². The van der Waals surface area contributed by atoms with E-state index in [0.29, 0.717) is 18.8 Å². The molecule has 1 unspecified atom stereocenters. The first-order chi connectivity index (χ1) is 12.1. The van der Waals surface area contributed by atoms with Gasteiger partial charge in [0.05, 0.1) is 14.2 Å². The monoisotopic (exact) mass is 356 g/mol. The highest BCUT2D eigenvalue weighted by atomic mass is 16.5. The van der Waals surface area contributed by atoms with Crippen LogP contribution in [-0.2, 0) is 19.1 Å². The van der Waals surface area contributed by atoms with Crippen LogP contribution < -0.4 is 0 Å². The molecule has 0 N–H and O–H groups in total. The molecule has 0 saturated heterocycles. The molecule has 148 valence electrons. The number of methoxy groups -OCH3 is 2. The topological polar surface area (TPSA) is 52.6 Å². The van der Waals surface area contributed by atoms with Crippen molar-refractivity contribution in [1.29, 1.82) is 0 Å². The quantitative estimate of drug-likeness (QED) is 0.243. The van der Waals surface area contributed by atoms with Gasteiger partial charge in [-0.2, -0.15) is 0 Å². The summed E-state index contributed by atoms with van der Waals surface area (Å²) in [5.74, 6) is 0.503. The van der Waals surface area contributed by atoms with Crippen molar-refractivity contribution in [3.63, 3.8) is 0 Å². The zero-order chi connectivity index (χ0) is 18.8. The summed E-state index contributed by atoms with van der Waals surface area (Å²) in [5, 5.41) is 0. The van der Waals surface area contributed by atoms with E-state index >= 15 is 0 Å². The summed E-state index contributed by atoms with van der Waals surface area (Å²) in [6, 6.07) is 0. The summed E-state index contributed by atoms with van der Waals surface area (Å²) in [5.41, 5.74) is 0. The number of unbranched alkanes of at least 4 members (excludes halogenated alkanes) is 9. The Bertz CT molecular complexity index is 328. The SMILES string of the molecule is CCC(CCCCCCCCCCCCC(=O)OC)CCC(=O)OC. The van der Waals surface area contributed by atoms with Crippen LogP contribution in [0.15, 0.2) is 0 Å². The third kappa shape index (κ3) is 16.2. The van der Waals surface area contributed by atoms with Gasteiger partial charge in [0.25, 0.3) is 0 Å². The molecule has 4 heteroatoms. The van der Waals surface area contributed by atoms with Crippen LogP contribution in [0.4, 0.5) is 0 Å². The molecule has 0 aliphatic rings. The third-order valence-electron chi connectivity index (χ3n) is 5.03. The summed E-state index contributed by atoms with van der Waals surface area (Å²) >= 11 is 0. The van der Waals surface area contributed by atoms with Gasteiger partial charge in [-0.15, -0.1) is 0 Å². The molecule has 1 atom stereocenters. The molecule has 0 bridgehead atoms. The summed E-state index contributed by atoms with van der Waals surface area (Å²) < 4.78 is 9.35. The largest absolute Gasteiger partial charge is 0.469 e. The molecule has 25 heavy (non-hydrogen) atoms. The maximum Gasteiger partial charge on any atom is 0.305 e. The first-order valence-electron chi connectivity index (χ1n) is 10.3. The van der Waals surface area contributed by atoms with E-state index in [2.05, 4.69) is 11.7 Å². The molecule has 0 heterocycles. The van der Waals surface area contributed by atoms with Gasteiger partial charge in [-0.1, -0.05) is 77.6 Å². The summed E-state index contributed by atoms with van der Waals surface area (Å²) in [6.45, 7) is 2.22. The first kappa shape index (κ1) is 23.9. The second kappa shape index (κ2) is 17.8. The maximum absolute atomic E-state index is 11.2. The average molecular weight is 357 g/mol. The van der Waals surface area contributed by atoms with E-state index < -0.39 is 0 Å². The lowest BCUT2D eigenvalue weighted by atomic mass is 9.93. The van der Waals surface area contributed by atoms with E-state index in [1.54, 1.807) is 0 Å². The van der Waals surface area contributed by atoms with Crippen molar-refractivity contribution in [3.05, 3.63) is 0 Å². The van der Waals surface area contributed by atoms with E-state index in [1.165, 1.54) is 72.0 Å². The van der Waals surface area contributed by atoms with Crippen LogP contribution in [-0.4, -0.2) is 26.2 Å². The Morgan fingerprint density at radius 3 is 1.56 bits per heavy atom. The van der Waals surface area contributed by atoms with E-state index in [4.69, 9.17) is 4.74 Å². The lowest BCUT2D eigenvalue weighted by Gasteiger charge is -2.13. The molecule has 0 aliphatic heterocycles. The minimum absolute atomic E-state index is 0.0799. The molecule has 0 aromatic carbocycles. The number of carbonyl (C=O) groups is 2.